The largest absolute Gasteiger partial charge is 0.481 e. The van der Waals surface area contributed by atoms with Crippen LogP contribution in [0.3, 0.4) is 0 Å². The average Bonchev–Trinajstić information content (AvgIpc) is 3.31. The molecule has 22 nitrogen and oxygen atoms in total. The number of nitrogens with two attached hydrogens (primary N) is 2. The molecule has 0 aliphatic carbocycles. The van der Waals surface area contributed by atoms with Crippen molar-refractivity contribution in [3.63, 3.8) is 0 Å². The van der Waals surface area contributed by atoms with Gasteiger partial charge in [-0.15, -0.1) is 0 Å². The number of nitrogens with zero attached hydrogens (tertiary/aromatic N) is 1. The monoisotopic (exact) mass is 1050 g/mol. The SMILES string of the molecule is CC1OC(O[C@H]2C=CC=CC=CC=CC=CC=CC=C[C@H](C)[C@@H](O)[C@@H](C)[C@H](C)OC(=O)CC(O)CC(O)CC(O)CCC(O)C(O)C[C@]3(O)CC(O)C(C(=O)O)C(C2)O3)C(O)C(N)C1O.Nc1[nH]c(=O)ncc1F. The maximum Gasteiger partial charge on any atom is 0.346 e. The first kappa shape index (κ1) is 63.5. The number of carboxylic acid groups (broad SMARTS) is 1. The molecular formula is C51H77FN4O18. The molecular weight excluding hydrogens is 976 g/mol. The van der Waals surface area contributed by atoms with E-state index in [2.05, 4.69) is 4.98 Å². The number of H-pyrrole nitrogens is 1. The highest BCUT2D eigenvalue weighted by molar-refractivity contribution is 5.71. The van der Waals surface area contributed by atoms with Crippen LogP contribution in [0.5, 0.6) is 0 Å². The number of fused-ring (bicyclic) bond motifs is 2. The van der Waals surface area contributed by atoms with Crippen LogP contribution in [0.2, 0.25) is 0 Å². The van der Waals surface area contributed by atoms with E-state index in [0.717, 1.165) is 6.20 Å². The lowest BCUT2D eigenvalue weighted by molar-refractivity contribution is -0.310. The highest BCUT2D eigenvalue weighted by Gasteiger charge is 2.51. The van der Waals surface area contributed by atoms with E-state index in [1.807, 2.05) is 18.0 Å². The zero-order chi connectivity index (χ0) is 55.3. The van der Waals surface area contributed by atoms with Crippen molar-refractivity contribution in [2.45, 2.75) is 177 Å². The van der Waals surface area contributed by atoms with Crippen LogP contribution in [0.1, 0.15) is 79.1 Å². The van der Waals surface area contributed by atoms with Gasteiger partial charge in [0.2, 0.25) is 0 Å². The molecule has 0 saturated carbocycles. The number of aliphatic carboxylic acids is 1. The second-order valence-electron chi connectivity index (χ2n) is 19.0. The molecule has 19 atom stereocenters. The third-order valence-electron chi connectivity index (χ3n) is 12.8. The van der Waals surface area contributed by atoms with Crippen molar-refractivity contribution in [3.8, 4) is 0 Å². The van der Waals surface area contributed by atoms with Gasteiger partial charge in [-0.25, -0.2) is 9.18 Å². The van der Waals surface area contributed by atoms with Gasteiger partial charge in [-0.3, -0.25) is 14.6 Å². The first-order chi connectivity index (χ1) is 34.8. The van der Waals surface area contributed by atoms with Crippen molar-refractivity contribution in [2.75, 3.05) is 5.73 Å². The number of ether oxygens (including phenoxy) is 4. The molecule has 0 spiro atoms. The lowest BCUT2D eigenvalue weighted by atomic mass is 9.82. The van der Waals surface area contributed by atoms with E-state index in [-0.39, 0.29) is 43.8 Å². The molecule has 0 amide bonds. The van der Waals surface area contributed by atoms with Gasteiger partial charge in [-0.1, -0.05) is 98.9 Å². The highest BCUT2D eigenvalue weighted by atomic mass is 19.1. The Morgan fingerprint density at radius 2 is 1.28 bits per heavy atom. The number of rotatable bonds is 3. The third kappa shape index (κ3) is 21.4. The predicted octanol–water partition coefficient (Wildman–Crippen LogP) is 0.203. The number of cyclic esters (lactones) is 1. The lowest BCUT2D eigenvalue weighted by Crippen LogP contribution is -2.61. The summed E-state index contributed by atoms with van der Waals surface area (Å²) in [7, 11) is 0. The fourth-order valence-corrected chi connectivity index (χ4v) is 8.35. The molecule has 416 valence electrons. The molecule has 4 rings (SSSR count). The van der Waals surface area contributed by atoms with Gasteiger partial charge in [0.25, 0.3) is 0 Å². The Labute approximate surface area is 429 Å². The molecule has 2 saturated heterocycles. The number of aromatic amines is 1. The molecule has 2 fully saturated rings. The lowest BCUT2D eigenvalue weighted by Gasteiger charge is -2.45. The molecule has 3 aliphatic rings. The number of aromatic nitrogens is 2. The topological polar surface area (TPSA) is 391 Å². The van der Waals surface area contributed by atoms with Crippen LogP contribution >= 0.6 is 0 Å². The number of hydrogen-bond acceptors (Lipinski definition) is 20. The van der Waals surface area contributed by atoms with Gasteiger partial charge in [0.1, 0.15) is 23.9 Å². The van der Waals surface area contributed by atoms with Gasteiger partial charge in [-0.2, -0.15) is 4.98 Å². The Bertz CT molecular complexity index is 2160. The van der Waals surface area contributed by atoms with Crippen molar-refractivity contribution in [3.05, 3.63) is 108 Å². The second kappa shape index (κ2) is 31.3. The maximum absolute atomic E-state index is 12.6. The van der Waals surface area contributed by atoms with E-state index in [1.54, 1.807) is 86.8 Å². The van der Waals surface area contributed by atoms with E-state index in [4.69, 9.17) is 30.4 Å². The number of carbonyl (C=O) groups excluding carboxylic acids is 1. The van der Waals surface area contributed by atoms with E-state index >= 15 is 0 Å². The van der Waals surface area contributed by atoms with Crippen LogP contribution < -0.4 is 17.2 Å². The number of hydrogen-bond donors (Lipinski definition) is 14. The van der Waals surface area contributed by atoms with Gasteiger partial charge >= 0.3 is 17.6 Å². The van der Waals surface area contributed by atoms with Crippen molar-refractivity contribution >= 4 is 17.8 Å². The number of carbonyl (C=O) groups is 2. The predicted molar refractivity (Wildman–Crippen MR) is 266 cm³/mol. The van der Waals surface area contributed by atoms with Crippen LogP contribution in [0.15, 0.2) is 96.1 Å². The summed E-state index contributed by atoms with van der Waals surface area (Å²) in [6.45, 7) is 6.74. The summed E-state index contributed by atoms with van der Waals surface area (Å²) in [5.41, 5.74) is 10.3. The van der Waals surface area contributed by atoms with Crippen LogP contribution in [0, 0.1) is 23.6 Å². The molecule has 2 bridgehead atoms. The number of aliphatic hydroxyl groups excluding tert-OH is 9. The molecule has 1 aromatic heterocycles. The summed E-state index contributed by atoms with van der Waals surface area (Å²) in [5.74, 6) is -7.88. The number of allylic oxidation sites excluding steroid dienone is 12. The Morgan fingerprint density at radius 3 is 1.85 bits per heavy atom. The molecule has 0 aromatic carbocycles. The fraction of sp³-hybridized carbons (Fsp3) is 0.608. The smallest absolute Gasteiger partial charge is 0.346 e. The average molecular weight is 1050 g/mol. The summed E-state index contributed by atoms with van der Waals surface area (Å²) < 4.78 is 35.3. The quantitative estimate of drug-likeness (QED) is 0.180. The first-order valence-electron chi connectivity index (χ1n) is 24.5. The molecule has 13 unspecified atom stereocenters. The number of anilines is 1. The van der Waals surface area contributed by atoms with Gasteiger partial charge in [0, 0.05) is 31.1 Å². The summed E-state index contributed by atoms with van der Waals surface area (Å²) in [4.78, 5) is 40.4. The van der Waals surface area contributed by atoms with Crippen molar-refractivity contribution < 1.29 is 89.1 Å². The van der Waals surface area contributed by atoms with E-state index in [1.165, 1.54) is 13.0 Å². The number of carboxylic acids is 1. The molecule has 4 heterocycles. The summed E-state index contributed by atoms with van der Waals surface area (Å²) in [6, 6.07) is -1.15. The van der Waals surface area contributed by atoms with Gasteiger partial charge in [0.15, 0.2) is 17.9 Å². The van der Waals surface area contributed by atoms with Gasteiger partial charge in [-0.05, 0) is 39.5 Å². The zero-order valence-electron chi connectivity index (χ0n) is 42.0. The summed E-state index contributed by atoms with van der Waals surface area (Å²) in [6.07, 6.45) is 4.26. The van der Waals surface area contributed by atoms with Crippen LogP contribution in [-0.2, 0) is 28.5 Å². The number of aliphatic hydroxyl groups is 10. The minimum Gasteiger partial charge on any atom is -0.481 e. The van der Waals surface area contributed by atoms with Crippen LogP contribution in [0.25, 0.3) is 0 Å². The van der Waals surface area contributed by atoms with Crippen molar-refractivity contribution in [1.82, 2.24) is 9.97 Å². The molecule has 3 aliphatic heterocycles. The third-order valence-corrected chi connectivity index (χ3v) is 12.8. The molecule has 74 heavy (non-hydrogen) atoms. The molecule has 16 N–H and O–H groups in total. The minimum absolute atomic E-state index is 0.140. The minimum atomic E-state index is -2.36. The number of nitrogens with one attached hydrogen (secondary N) is 1. The van der Waals surface area contributed by atoms with Crippen molar-refractivity contribution in [2.24, 2.45) is 23.5 Å². The number of halogens is 1. The Balaban J connectivity index is 0.00000144. The standard InChI is InChI=1S/C47H73NO17.C4H4FN3O/c1-27-17-15-13-11-9-7-5-6-8-10-12-14-16-18-34(64-46-44(58)41(48)43(57)30(4)63-46)24-38-40(45(59)60)37(54)26-47(61,65-38)25-36(53)35(52)20-19-31(49)21-32(50)22-33(51)23-39(55)62-29(3)28(2)42(27)56;5-2-1-7-4(9)8-3(2)6/h5-18,27-38,40-44,46,49-54,56-58,61H,19-26,48H2,1-4H3,(H,59,60);1H,(H3,6,7,8,9)/t27-,28-,29-,30?,31?,32?,33?,34-,35?,36?,37?,38?,40?,41?,42+,43?,44?,46?,47+;/m0./s1. The van der Waals surface area contributed by atoms with E-state index in [0.29, 0.717) is 0 Å². The first-order valence-corrected chi connectivity index (χ1v) is 24.5. The number of nitrogen functional groups attached to an aromatic ring is 1. The zero-order valence-corrected chi connectivity index (χ0v) is 42.0. The Morgan fingerprint density at radius 1 is 0.730 bits per heavy atom. The highest BCUT2D eigenvalue weighted by Crippen LogP contribution is 2.38. The van der Waals surface area contributed by atoms with Crippen LogP contribution in [-0.4, -0.2) is 176 Å². The summed E-state index contributed by atoms with van der Waals surface area (Å²) >= 11 is 0. The summed E-state index contributed by atoms with van der Waals surface area (Å²) in [5, 5.41) is 118. The fourth-order valence-electron chi connectivity index (χ4n) is 8.35. The Hall–Kier alpha value is -4.83. The maximum atomic E-state index is 12.6. The molecule has 0 radical (unpaired) electrons. The van der Waals surface area contributed by atoms with Gasteiger partial charge in [0.05, 0.1) is 85.8 Å². The second-order valence-corrected chi connectivity index (χ2v) is 19.0. The van der Waals surface area contributed by atoms with Crippen LogP contribution in [0.4, 0.5) is 10.2 Å². The number of esters is 1. The normalized spacial score (nSPS) is 38.1. The van der Waals surface area contributed by atoms with E-state index < -0.39 is 152 Å². The molecule has 23 heteroatoms. The van der Waals surface area contributed by atoms with E-state index in [9.17, 15) is 74.9 Å². The molecule has 1 aromatic rings. The Kier molecular flexibility index (Phi) is 26.8. The van der Waals surface area contributed by atoms with Gasteiger partial charge < -0.3 is 86.6 Å². The van der Waals surface area contributed by atoms with Crippen molar-refractivity contribution in [1.29, 1.82) is 0 Å².